The first-order chi connectivity index (χ1) is 6.79. The lowest BCUT2D eigenvalue weighted by atomic mass is 10.2. The van der Waals surface area contributed by atoms with E-state index in [1.54, 1.807) is 41.7 Å². The lowest BCUT2D eigenvalue weighted by molar-refractivity contribution is 0.442. The molecule has 0 atom stereocenters. The van der Waals surface area contributed by atoms with Crippen molar-refractivity contribution >= 4 is 23.5 Å². The van der Waals surface area contributed by atoms with Crippen molar-refractivity contribution in [2.75, 3.05) is 11.5 Å². The van der Waals surface area contributed by atoms with Gasteiger partial charge in [-0.2, -0.15) is 0 Å². The molecule has 76 valence electrons. The third-order valence-corrected chi connectivity index (χ3v) is 5.07. The summed E-state index contributed by atoms with van der Waals surface area (Å²) in [5.41, 5.74) is 0.683. The first kappa shape index (κ1) is 10.1. The van der Waals surface area contributed by atoms with E-state index in [2.05, 4.69) is 0 Å². The summed E-state index contributed by atoms with van der Waals surface area (Å²) in [4.78, 5) is 0. The Kier molecular flexibility index (Phi) is 3.13. The average Bonchev–Trinajstić information content (AvgIpc) is 2.19. The van der Waals surface area contributed by atoms with Gasteiger partial charge < -0.3 is 10.2 Å². The van der Waals surface area contributed by atoms with Crippen molar-refractivity contribution in [1.82, 2.24) is 0 Å². The van der Waals surface area contributed by atoms with Crippen molar-refractivity contribution in [2.24, 2.45) is 0 Å². The summed E-state index contributed by atoms with van der Waals surface area (Å²) < 4.78 is 0.185. The van der Waals surface area contributed by atoms with Crippen LogP contribution in [0.3, 0.4) is 0 Å². The lowest BCUT2D eigenvalue weighted by Crippen LogP contribution is -2.00. The van der Waals surface area contributed by atoms with Crippen LogP contribution in [0.2, 0.25) is 0 Å². The van der Waals surface area contributed by atoms with Crippen LogP contribution in [0, 0.1) is 0 Å². The maximum atomic E-state index is 9.66. The van der Waals surface area contributed by atoms with E-state index in [-0.39, 0.29) is 16.1 Å². The zero-order valence-corrected chi connectivity index (χ0v) is 9.27. The van der Waals surface area contributed by atoms with E-state index in [0.717, 1.165) is 11.5 Å². The molecule has 1 fully saturated rings. The molecule has 0 amide bonds. The minimum Gasteiger partial charge on any atom is -0.507 e. The Morgan fingerprint density at radius 1 is 1.07 bits per heavy atom. The largest absolute Gasteiger partial charge is 0.507 e. The van der Waals surface area contributed by atoms with Gasteiger partial charge in [-0.25, -0.2) is 0 Å². The van der Waals surface area contributed by atoms with Gasteiger partial charge in [0.25, 0.3) is 0 Å². The molecule has 0 radical (unpaired) electrons. The van der Waals surface area contributed by atoms with Crippen LogP contribution in [0.15, 0.2) is 18.2 Å². The predicted octanol–water partition coefficient (Wildman–Crippen LogP) is 2.97. The van der Waals surface area contributed by atoms with E-state index in [4.69, 9.17) is 0 Å². The van der Waals surface area contributed by atoms with Crippen LogP contribution in [0.1, 0.15) is 16.6 Å². The van der Waals surface area contributed by atoms with E-state index in [9.17, 15) is 10.2 Å². The molecule has 2 N–H and O–H groups in total. The molecule has 0 unspecified atom stereocenters. The molecule has 1 aliphatic heterocycles. The fourth-order valence-corrected chi connectivity index (χ4v) is 4.45. The minimum atomic E-state index is 0.185. The Morgan fingerprint density at radius 2 is 1.64 bits per heavy atom. The van der Waals surface area contributed by atoms with Gasteiger partial charge in [-0.1, -0.05) is 6.07 Å². The summed E-state index contributed by atoms with van der Waals surface area (Å²) in [6, 6.07) is 4.92. The second kappa shape index (κ2) is 4.36. The maximum Gasteiger partial charge on any atom is 0.124 e. The van der Waals surface area contributed by atoms with E-state index in [1.807, 2.05) is 0 Å². The number of aromatic hydroxyl groups is 2. The highest BCUT2D eigenvalue weighted by atomic mass is 32.2. The van der Waals surface area contributed by atoms with Gasteiger partial charge >= 0.3 is 0 Å². The molecule has 1 aliphatic rings. The molecule has 0 spiro atoms. The highest BCUT2D eigenvalue weighted by Gasteiger charge is 2.22. The first-order valence-electron chi connectivity index (χ1n) is 4.53. The van der Waals surface area contributed by atoms with Gasteiger partial charge in [0, 0.05) is 0 Å². The van der Waals surface area contributed by atoms with Gasteiger partial charge in [-0.3, -0.25) is 0 Å². The Bertz CT molecular complexity index is 302. The van der Waals surface area contributed by atoms with Crippen LogP contribution in [0.4, 0.5) is 0 Å². The molecule has 1 aromatic carbocycles. The number of hydrogen-bond acceptors (Lipinski definition) is 4. The van der Waals surface area contributed by atoms with E-state index in [0.29, 0.717) is 5.56 Å². The van der Waals surface area contributed by atoms with Gasteiger partial charge in [0.1, 0.15) is 11.5 Å². The third-order valence-electron chi connectivity index (χ3n) is 2.12. The normalized spacial score (nSPS) is 18.3. The van der Waals surface area contributed by atoms with Crippen LogP contribution in [-0.2, 0) is 0 Å². The Labute approximate surface area is 91.7 Å². The monoisotopic (exact) mass is 228 g/mol. The zero-order valence-electron chi connectivity index (χ0n) is 7.64. The summed E-state index contributed by atoms with van der Waals surface area (Å²) in [6.07, 6.45) is 1.21. The van der Waals surface area contributed by atoms with Crippen LogP contribution in [0.25, 0.3) is 0 Å². The molecular formula is C10H12O2S2. The van der Waals surface area contributed by atoms with Crippen LogP contribution >= 0.6 is 23.5 Å². The van der Waals surface area contributed by atoms with Crippen LogP contribution in [-0.4, -0.2) is 21.7 Å². The number of rotatable bonds is 1. The lowest BCUT2D eigenvalue weighted by Gasteiger charge is -2.22. The number of phenols is 2. The van der Waals surface area contributed by atoms with Gasteiger partial charge in [-0.15, -0.1) is 23.5 Å². The van der Waals surface area contributed by atoms with Crippen molar-refractivity contribution in [3.63, 3.8) is 0 Å². The highest BCUT2D eigenvalue weighted by Crippen LogP contribution is 2.49. The molecule has 14 heavy (non-hydrogen) atoms. The standard InChI is InChI=1S/C10H12O2S2/c11-7-3-1-4-8(12)9(7)10-13-5-2-6-14-10/h1,3-4,10-12H,2,5-6H2. The van der Waals surface area contributed by atoms with Crippen molar-refractivity contribution in [2.45, 2.75) is 11.0 Å². The first-order valence-corrected chi connectivity index (χ1v) is 6.63. The minimum absolute atomic E-state index is 0.185. The zero-order chi connectivity index (χ0) is 9.97. The molecule has 1 aromatic rings. The van der Waals surface area contributed by atoms with Crippen molar-refractivity contribution in [1.29, 1.82) is 0 Å². The summed E-state index contributed by atoms with van der Waals surface area (Å²) in [7, 11) is 0. The van der Waals surface area contributed by atoms with Gasteiger partial charge in [0.2, 0.25) is 0 Å². The molecule has 2 nitrogen and oxygen atoms in total. The number of thioether (sulfide) groups is 2. The molecule has 0 saturated carbocycles. The van der Waals surface area contributed by atoms with Gasteiger partial charge in [0.15, 0.2) is 0 Å². The van der Waals surface area contributed by atoms with Crippen molar-refractivity contribution < 1.29 is 10.2 Å². The quantitative estimate of drug-likeness (QED) is 0.775. The smallest absolute Gasteiger partial charge is 0.124 e. The highest BCUT2D eigenvalue weighted by molar-refractivity contribution is 8.16. The Balaban J connectivity index is 2.29. The fraction of sp³-hybridized carbons (Fsp3) is 0.400. The van der Waals surface area contributed by atoms with Gasteiger partial charge in [0.05, 0.1) is 10.1 Å². The second-order valence-electron chi connectivity index (χ2n) is 3.14. The van der Waals surface area contributed by atoms with Crippen molar-refractivity contribution in [3.8, 4) is 11.5 Å². The molecule has 1 saturated heterocycles. The Morgan fingerprint density at radius 3 is 2.21 bits per heavy atom. The molecule has 0 bridgehead atoms. The topological polar surface area (TPSA) is 40.5 Å². The molecule has 1 heterocycles. The molecular weight excluding hydrogens is 216 g/mol. The van der Waals surface area contributed by atoms with Crippen molar-refractivity contribution in [3.05, 3.63) is 23.8 Å². The summed E-state index contributed by atoms with van der Waals surface area (Å²) >= 11 is 3.58. The molecule has 0 aliphatic carbocycles. The predicted molar refractivity (Wildman–Crippen MR) is 62.0 cm³/mol. The van der Waals surface area contributed by atoms with E-state index in [1.165, 1.54) is 6.42 Å². The maximum absolute atomic E-state index is 9.66. The van der Waals surface area contributed by atoms with E-state index < -0.39 is 0 Å². The SMILES string of the molecule is Oc1cccc(O)c1C1SCCCS1. The average molecular weight is 228 g/mol. The number of benzene rings is 1. The number of phenolic OH excluding ortho intramolecular Hbond substituents is 2. The third kappa shape index (κ3) is 1.96. The summed E-state index contributed by atoms with van der Waals surface area (Å²) in [5.74, 6) is 2.62. The van der Waals surface area contributed by atoms with E-state index >= 15 is 0 Å². The molecule has 0 aromatic heterocycles. The second-order valence-corrected chi connectivity index (χ2v) is 5.86. The van der Waals surface area contributed by atoms with Crippen LogP contribution < -0.4 is 0 Å². The summed E-state index contributed by atoms with van der Waals surface area (Å²) in [5, 5.41) is 19.3. The Hall–Kier alpha value is -0.480. The number of hydrogen-bond donors (Lipinski definition) is 2. The summed E-state index contributed by atoms with van der Waals surface area (Å²) in [6.45, 7) is 0. The van der Waals surface area contributed by atoms with Gasteiger partial charge in [-0.05, 0) is 30.1 Å². The fourth-order valence-electron chi connectivity index (χ4n) is 1.44. The van der Waals surface area contributed by atoms with Crippen LogP contribution in [0.5, 0.6) is 11.5 Å². The molecule has 4 heteroatoms. The molecule has 2 rings (SSSR count).